The number of hydrogen-bond donors (Lipinski definition) is 1. The van der Waals surface area contributed by atoms with Gasteiger partial charge in [-0.25, -0.2) is 0 Å². The Morgan fingerprint density at radius 1 is 1.00 bits per heavy atom. The summed E-state index contributed by atoms with van der Waals surface area (Å²) in [5, 5.41) is 3.36. The van der Waals surface area contributed by atoms with Gasteiger partial charge in [0.05, 0.1) is 6.61 Å². The number of amides is 1. The molecule has 2 unspecified atom stereocenters. The number of ether oxygens (including phenoxy) is 2. The van der Waals surface area contributed by atoms with Crippen molar-refractivity contribution in [3.63, 3.8) is 0 Å². The molecule has 5 nitrogen and oxygen atoms in total. The van der Waals surface area contributed by atoms with Crippen molar-refractivity contribution in [2.24, 2.45) is 5.92 Å². The van der Waals surface area contributed by atoms with Crippen LogP contribution in [0.25, 0.3) is 0 Å². The second-order valence-corrected chi connectivity index (χ2v) is 8.20. The van der Waals surface area contributed by atoms with Gasteiger partial charge in [-0.1, -0.05) is 25.7 Å². The smallest absolute Gasteiger partial charge is 0.251 e. The van der Waals surface area contributed by atoms with E-state index in [-0.39, 0.29) is 11.9 Å². The van der Waals surface area contributed by atoms with Gasteiger partial charge in [-0.2, -0.15) is 0 Å². The molecule has 28 heavy (non-hydrogen) atoms. The first-order valence-corrected chi connectivity index (χ1v) is 11.0. The van der Waals surface area contributed by atoms with E-state index in [1.54, 1.807) is 7.11 Å². The summed E-state index contributed by atoms with van der Waals surface area (Å²) in [4.78, 5) is 15.5. The van der Waals surface area contributed by atoms with Gasteiger partial charge in [0.1, 0.15) is 12.4 Å². The molecular formula is C23H36N2O3. The molecule has 1 aromatic rings. The molecule has 2 atom stereocenters. The van der Waals surface area contributed by atoms with Crippen LogP contribution in [-0.4, -0.2) is 56.8 Å². The Balaban J connectivity index is 1.56. The molecule has 0 spiro atoms. The Morgan fingerprint density at radius 3 is 2.46 bits per heavy atom. The van der Waals surface area contributed by atoms with Gasteiger partial charge in [-0.15, -0.1) is 0 Å². The van der Waals surface area contributed by atoms with Crippen LogP contribution in [0, 0.1) is 5.92 Å². The summed E-state index contributed by atoms with van der Waals surface area (Å²) in [6.45, 7) is 4.66. The average Bonchev–Trinajstić information content (AvgIpc) is 2.94. The highest BCUT2D eigenvalue weighted by Crippen LogP contribution is 2.26. The van der Waals surface area contributed by atoms with Crippen molar-refractivity contribution < 1.29 is 14.3 Å². The lowest BCUT2D eigenvalue weighted by atomic mass is 9.93. The van der Waals surface area contributed by atoms with Crippen molar-refractivity contribution in [1.82, 2.24) is 10.2 Å². The number of benzene rings is 1. The highest BCUT2D eigenvalue weighted by atomic mass is 16.5. The lowest BCUT2D eigenvalue weighted by molar-refractivity contribution is 0.0901. The van der Waals surface area contributed by atoms with Crippen LogP contribution in [0.4, 0.5) is 0 Å². The molecule has 1 saturated heterocycles. The minimum atomic E-state index is 0.0407. The molecule has 1 saturated carbocycles. The van der Waals surface area contributed by atoms with E-state index in [0.29, 0.717) is 24.7 Å². The normalized spacial score (nSPS) is 23.8. The van der Waals surface area contributed by atoms with Crippen LogP contribution in [0.2, 0.25) is 0 Å². The van der Waals surface area contributed by atoms with Crippen molar-refractivity contribution in [2.45, 2.75) is 57.4 Å². The van der Waals surface area contributed by atoms with Gasteiger partial charge in [-0.3, -0.25) is 4.79 Å². The number of hydrogen-bond acceptors (Lipinski definition) is 4. The third-order valence-electron chi connectivity index (χ3n) is 6.09. The lowest BCUT2D eigenvalue weighted by Gasteiger charge is -2.34. The topological polar surface area (TPSA) is 50.8 Å². The molecule has 1 aliphatic carbocycles. The zero-order valence-corrected chi connectivity index (χ0v) is 17.3. The highest BCUT2D eigenvalue weighted by molar-refractivity contribution is 5.94. The SMILES string of the molecule is COCCOc1ccc(C(=O)NC2CCCCCC2CN2CCCCC2)cc1. The van der Waals surface area contributed by atoms with E-state index >= 15 is 0 Å². The number of rotatable bonds is 8. The number of likely N-dealkylation sites (tertiary alicyclic amines) is 1. The molecule has 1 heterocycles. The summed E-state index contributed by atoms with van der Waals surface area (Å²) >= 11 is 0. The van der Waals surface area contributed by atoms with E-state index in [1.807, 2.05) is 24.3 Å². The minimum absolute atomic E-state index is 0.0407. The first-order valence-electron chi connectivity index (χ1n) is 11.0. The molecule has 0 bridgehead atoms. The fourth-order valence-electron chi connectivity index (χ4n) is 4.46. The molecule has 1 aromatic carbocycles. The molecular weight excluding hydrogens is 352 g/mol. The van der Waals surface area contributed by atoms with Crippen LogP contribution >= 0.6 is 0 Å². The lowest BCUT2D eigenvalue weighted by Crippen LogP contribution is -2.45. The van der Waals surface area contributed by atoms with Crippen molar-refractivity contribution in [3.8, 4) is 5.75 Å². The number of carbonyl (C=O) groups is 1. The molecule has 1 N–H and O–H groups in total. The molecule has 156 valence electrons. The van der Waals surface area contributed by atoms with Gasteiger partial charge in [0.2, 0.25) is 0 Å². The minimum Gasteiger partial charge on any atom is -0.491 e. The van der Waals surface area contributed by atoms with E-state index in [9.17, 15) is 4.79 Å². The summed E-state index contributed by atoms with van der Waals surface area (Å²) in [5.74, 6) is 1.38. The largest absolute Gasteiger partial charge is 0.491 e. The Bertz CT molecular complexity index is 584. The van der Waals surface area contributed by atoms with Gasteiger partial charge < -0.3 is 19.7 Å². The number of nitrogens with one attached hydrogen (secondary N) is 1. The summed E-state index contributed by atoms with van der Waals surface area (Å²) in [6, 6.07) is 7.72. The van der Waals surface area contributed by atoms with Gasteiger partial charge in [-0.05, 0) is 69.0 Å². The summed E-state index contributed by atoms with van der Waals surface area (Å²) < 4.78 is 10.6. The Labute approximate surface area is 169 Å². The van der Waals surface area contributed by atoms with Gasteiger partial charge >= 0.3 is 0 Å². The zero-order valence-electron chi connectivity index (χ0n) is 17.3. The van der Waals surface area contributed by atoms with Crippen LogP contribution in [0.5, 0.6) is 5.75 Å². The van der Waals surface area contributed by atoms with Crippen LogP contribution in [0.15, 0.2) is 24.3 Å². The first kappa shape index (κ1) is 21.1. The first-order chi connectivity index (χ1) is 13.8. The molecule has 3 rings (SSSR count). The Morgan fingerprint density at radius 2 is 1.71 bits per heavy atom. The molecule has 2 aliphatic rings. The van der Waals surface area contributed by atoms with Gasteiger partial charge in [0.25, 0.3) is 5.91 Å². The molecule has 1 aliphatic heterocycles. The molecule has 0 radical (unpaired) electrons. The van der Waals surface area contributed by atoms with E-state index in [1.165, 1.54) is 58.0 Å². The quantitative estimate of drug-likeness (QED) is 0.542. The maximum Gasteiger partial charge on any atom is 0.251 e. The average molecular weight is 389 g/mol. The Kier molecular flexibility index (Phi) is 8.62. The maximum absolute atomic E-state index is 12.8. The maximum atomic E-state index is 12.8. The van der Waals surface area contributed by atoms with E-state index in [2.05, 4.69) is 10.2 Å². The van der Waals surface area contributed by atoms with Crippen LogP contribution in [-0.2, 0) is 4.74 Å². The number of nitrogens with zero attached hydrogens (tertiary/aromatic N) is 1. The summed E-state index contributed by atoms with van der Waals surface area (Å²) in [7, 11) is 1.66. The van der Waals surface area contributed by atoms with Crippen molar-refractivity contribution >= 4 is 5.91 Å². The van der Waals surface area contributed by atoms with Crippen LogP contribution < -0.4 is 10.1 Å². The fraction of sp³-hybridized carbons (Fsp3) is 0.696. The van der Waals surface area contributed by atoms with Gasteiger partial charge in [0.15, 0.2) is 0 Å². The summed E-state index contributed by atoms with van der Waals surface area (Å²) in [5.41, 5.74) is 0.708. The van der Waals surface area contributed by atoms with Crippen LogP contribution in [0.3, 0.4) is 0 Å². The molecule has 1 amide bonds. The molecule has 0 aromatic heterocycles. The Hall–Kier alpha value is -1.59. The van der Waals surface area contributed by atoms with Crippen molar-refractivity contribution in [1.29, 1.82) is 0 Å². The second kappa shape index (κ2) is 11.4. The fourth-order valence-corrected chi connectivity index (χ4v) is 4.46. The third kappa shape index (κ3) is 6.49. The predicted octanol–water partition coefficient (Wildman–Crippen LogP) is 3.88. The molecule has 2 fully saturated rings. The van der Waals surface area contributed by atoms with Crippen LogP contribution in [0.1, 0.15) is 61.7 Å². The monoisotopic (exact) mass is 388 g/mol. The summed E-state index contributed by atoms with van der Waals surface area (Å²) in [6.07, 6.45) is 10.1. The zero-order chi connectivity index (χ0) is 19.6. The second-order valence-electron chi connectivity index (χ2n) is 8.20. The molecule has 5 heteroatoms. The number of methoxy groups -OCH3 is 1. The van der Waals surface area contributed by atoms with Crippen molar-refractivity contribution in [3.05, 3.63) is 29.8 Å². The van der Waals surface area contributed by atoms with E-state index < -0.39 is 0 Å². The standard InChI is InChI=1S/C23H36N2O3/c1-27-16-17-28-21-12-10-19(11-13-21)23(26)24-22-9-5-2-4-8-20(22)18-25-14-6-3-7-15-25/h10-13,20,22H,2-9,14-18H2,1H3,(H,24,26). The highest BCUT2D eigenvalue weighted by Gasteiger charge is 2.27. The number of piperidine rings is 1. The number of carbonyl (C=O) groups excluding carboxylic acids is 1. The van der Waals surface area contributed by atoms with E-state index in [0.717, 1.165) is 18.7 Å². The van der Waals surface area contributed by atoms with Crippen molar-refractivity contribution in [2.75, 3.05) is 40.0 Å². The van der Waals surface area contributed by atoms with E-state index in [4.69, 9.17) is 9.47 Å². The predicted molar refractivity (Wildman–Crippen MR) is 112 cm³/mol. The van der Waals surface area contributed by atoms with Gasteiger partial charge in [0, 0.05) is 25.3 Å². The third-order valence-corrected chi connectivity index (χ3v) is 6.09.